The maximum atomic E-state index is 6.01. The lowest BCUT2D eigenvalue weighted by Crippen LogP contribution is -2.26. The zero-order chi connectivity index (χ0) is 17.3. The Kier molecular flexibility index (Phi) is 6.11. The largest absolute Gasteiger partial charge is 0.489 e. The van der Waals surface area contributed by atoms with E-state index in [0.717, 1.165) is 31.7 Å². The van der Waals surface area contributed by atoms with Crippen LogP contribution >= 0.6 is 0 Å². The predicted molar refractivity (Wildman–Crippen MR) is 104 cm³/mol. The Morgan fingerprint density at radius 2 is 1.64 bits per heavy atom. The van der Waals surface area contributed by atoms with Crippen LogP contribution < -0.4 is 0 Å². The first-order valence-electron chi connectivity index (χ1n) is 8.82. The van der Waals surface area contributed by atoms with Crippen molar-refractivity contribution < 1.29 is 4.74 Å². The molecule has 0 N–H and O–H groups in total. The highest BCUT2D eigenvalue weighted by atomic mass is 16.5. The highest BCUT2D eigenvalue weighted by molar-refractivity contribution is 5.26. The van der Waals surface area contributed by atoms with E-state index >= 15 is 0 Å². The van der Waals surface area contributed by atoms with E-state index < -0.39 is 0 Å². The lowest BCUT2D eigenvalue weighted by molar-refractivity contribution is 0.201. The van der Waals surface area contributed by atoms with Crippen LogP contribution in [0.15, 0.2) is 96.9 Å². The molecule has 0 amide bonds. The maximum Gasteiger partial charge on any atom is 0.119 e. The van der Waals surface area contributed by atoms with E-state index in [9.17, 15) is 0 Å². The average molecular weight is 331 g/mol. The van der Waals surface area contributed by atoms with Gasteiger partial charge in [0.25, 0.3) is 0 Å². The summed E-state index contributed by atoms with van der Waals surface area (Å²) in [6, 6.07) is 20.9. The van der Waals surface area contributed by atoms with Crippen molar-refractivity contribution in [3.63, 3.8) is 0 Å². The molecule has 0 saturated carbocycles. The molecule has 0 saturated heterocycles. The smallest absolute Gasteiger partial charge is 0.119 e. The number of rotatable bonds is 8. The van der Waals surface area contributed by atoms with E-state index in [-0.39, 0.29) is 0 Å². The first kappa shape index (κ1) is 17.1. The molecule has 2 aromatic rings. The highest BCUT2D eigenvalue weighted by Crippen LogP contribution is 2.23. The summed E-state index contributed by atoms with van der Waals surface area (Å²) in [5.74, 6) is 0.965. The number of allylic oxidation sites excluding steroid dienone is 3. The van der Waals surface area contributed by atoms with Gasteiger partial charge in [0.2, 0.25) is 0 Å². The minimum absolute atomic E-state index is 0.608. The predicted octanol–water partition coefficient (Wildman–Crippen LogP) is 5.45. The summed E-state index contributed by atoms with van der Waals surface area (Å²) in [6.45, 7) is 6.27. The molecule has 1 heterocycles. The van der Waals surface area contributed by atoms with Crippen molar-refractivity contribution in [2.24, 2.45) is 0 Å². The van der Waals surface area contributed by atoms with E-state index in [1.165, 1.54) is 16.8 Å². The van der Waals surface area contributed by atoms with E-state index in [4.69, 9.17) is 4.74 Å². The van der Waals surface area contributed by atoms with Crippen LogP contribution in [0.4, 0.5) is 0 Å². The quantitative estimate of drug-likeness (QED) is 0.596. The van der Waals surface area contributed by atoms with Crippen molar-refractivity contribution in [2.75, 3.05) is 6.54 Å². The summed E-state index contributed by atoms with van der Waals surface area (Å²) in [5, 5.41) is 0. The minimum atomic E-state index is 0.608. The fourth-order valence-corrected chi connectivity index (χ4v) is 2.92. The Balaban J connectivity index is 1.66. The van der Waals surface area contributed by atoms with Crippen molar-refractivity contribution in [1.82, 2.24) is 4.90 Å². The molecule has 25 heavy (non-hydrogen) atoms. The fraction of sp³-hybridized carbons (Fsp3) is 0.217. The third-order valence-electron chi connectivity index (χ3n) is 4.30. The monoisotopic (exact) mass is 331 g/mol. The summed E-state index contributed by atoms with van der Waals surface area (Å²) in [7, 11) is 0. The van der Waals surface area contributed by atoms with Gasteiger partial charge in [-0.3, -0.25) is 0 Å². The Hall–Kier alpha value is -2.74. The minimum Gasteiger partial charge on any atom is -0.489 e. The molecule has 0 spiro atoms. The molecule has 2 heteroatoms. The molecule has 0 radical (unpaired) electrons. The SMILES string of the molecule is C=CCCC1=CC(OCc2ccccc2)=CCN1Cc1ccccc1. The van der Waals surface area contributed by atoms with Crippen LogP contribution in [0.2, 0.25) is 0 Å². The fourth-order valence-electron chi connectivity index (χ4n) is 2.92. The van der Waals surface area contributed by atoms with E-state index in [1.54, 1.807) is 0 Å². The first-order valence-corrected chi connectivity index (χ1v) is 8.82. The molecule has 0 bridgehead atoms. The molecule has 2 nitrogen and oxygen atoms in total. The topological polar surface area (TPSA) is 12.5 Å². The molecular formula is C23H25NO. The molecule has 0 fully saturated rings. The molecule has 0 aromatic heterocycles. The van der Waals surface area contributed by atoms with Gasteiger partial charge < -0.3 is 9.64 Å². The standard InChI is InChI=1S/C23H25NO/c1-2-3-14-22-17-23(25-19-21-12-8-5-9-13-21)15-16-24(22)18-20-10-6-4-7-11-20/h2,4-13,15,17H,1,3,14,16,18-19H2. The van der Waals surface area contributed by atoms with Crippen LogP contribution in [-0.4, -0.2) is 11.4 Å². The normalized spacial score (nSPS) is 13.8. The Labute approximate surface area is 150 Å². The van der Waals surface area contributed by atoms with Crippen molar-refractivity contribution in [1.29, 1.82) is 0 Å². The lowest BCUT2D eigenvalue weighted by Gasteiger charge is -2.30. The van der Waals surface area contributed by atoms with E-state index in [0.29, 0.717) is 6.61 Å². The van der Waals surface area contributed by atoms with Gasteiger partial charge in [-0.1, -0.05) is 66.7 Å². The van der Waals surface area contributed by atoms with Gasteiger partial charge in [0.1, 0.15) is 12.4 Å². The second-order valence-electron chi connectivity index (χ2n) is 6.21. The van der Waals surface area contributed by atoms with Crippen molar-refractivity contribution in [3.8, 4) is 0 Å². The molecule has 1 aliphatic rings. The summed E-state index contributed by atoms with van der Waals surface area (Å²) in [6.07, 6.45) is 8.29. The summed E-state index contributed by atoms with van der Waals surface area (Å²) in [5.41, 5.74) is 3.83. The molecule has 1 aliphatic heterocycles. The van der Waals surface area contributed by atoms with Gasteiger partial charge in [0.05, 0.1) is 0 Å². The second-order valence-corrected chi connectivity index (χ2v) is 6.21. The number of ether oxygens (including phenoxy) is 1. The molecule has 128 valence electrons. The van der Waals surface area contributed by atoms with Gasteiger partial charge >= 0.3 is 0 Å². The van der Waals surface area contributed by atoms with Gasteiger partial charge in [-0.15, -0.1) is 6.58 Å². The molecule has 2 aromatic carbocycles. The maximum absolute atomic E-state index is 6.01. The third-order valence-corrected chi connectivity index (χ3v) is 4.30. The van der Waals surface area contributed by atoms with Crippen LogP contribution in [0.1, 0.15) is 24.0 Å². The molecule has 0 atom stereocenters. The van der Waals surface area contributed by atoms with Gasteiger partial charge in [-0.2, -0.15) is 0 Å². The average Bonchev–Trinajstić information content (AvgIpc) is 2.67. The van der Waals surface area contributed by atoms with Gasteiger partial charge in [-0.25, -0.2) is 0 Å². The first-order chi connectivity index (χ1) is 12.3. The van der Waals surface area contributed by atoms with Crippen LogP contribution in [0.3, 0.4) is 0 Å². The third kappa shape index (κ3) is 5.12. The summed E-state index contributed by atoms with van der Waals surface area (Å²) in [4.78, 5) is 2.41. The van der Waals surface area contributed by atoms with E-state index in [2.05, 4.69) is 66.1 Å². The highest BCUT2D eigenvalue weighted by Gasteiger charge is 2.15. The van der Waals surface area contributed by atoms with Crippen molar-refractivity contribution in [2.45, 2.75) is 26.0 Å². The number of hydrogen-bond acceptors (Lipinski definition) is 2. The van der Waals surface area contributed by atoms with Gasteiger partial charge in [-0.05, 0) is 36.1 Å². The van der Waals surface area contributed by atoms with Crippen LogP contribution in [-0.2, 0) is 17.9 Å². The van der Waals surface area contributed by atoms with Crippen LogP contribution in [0.5, 0.6) is 0 Å². The lowest BCUT2D eigenvalue weighted by atomic mass is 10.1. The molecule has 3 rings (SSSR count). The number of benzene rings is 2. The number of hydrogen-bond donors (Lipinski definition) is 0. The summed E-state index contributed by atoms with van der Waals surface area (Å²) >= 11 is 0. The second kappa shape index (κ2) is 8.93. The van der Waals surface area contributed by atoms with Crippen molar-refractivity contribution >= 4 is 0 Å². The Morgan fingerprint density at radius 3 is 2.32 bits per heavy atom. The zero-order valence-corrected chi connectivity index (χ0v) is 14.6. The van der Waals surface area contributed by atoms with Crippen molar-refractivity contribution in [3.05, 3.63) is 108 Å². The molecule has 0 aliphatic carbocycles. The van der Waals surface area contributed by atoms with Crippen LogP contribution in [0, 0.1) is 0 Å². The van der Waals surface area contributed by atoms with Gasteiger partial charge in [0.15, 0.2) is 0 Å². The Bertz CT molecular complexity index is 731. The summed E-state index contributed by atoms with van der Waals surface area (Å²) < 4.78 is 6.01. The van der Waals surface area contributed by atoms with Crippen LogP contribution in [0.25, 0.3) is 0 Å². The van der Waals surface area contributed by atoms with E-state index in [1.807, 2.05) is 24.3 Å². The molecular weight excluding hydrogens is 306 g/mol. The zero-order valence-electron chi connectivity index (χ0n) is 14.6. The van der Waals surface area contributed by atoms with Gasteiger partial charge in [0, 0.05) is 18.8 Å². The number of nitrogens with zero attached hydrogens (tertiary/aromatic N) is 1. The molecule has 0 unspecified atom stereocenters. The Morgan fingerprint density at radius 1 is 0.960 bits per heavy atom.